The van der Waals surface area contributed by atoms with Gasteiger partial charge in [0, 0.05) is 11.6 Å². The lowest BCUT2D eigenvalue weighted by atomic mass is 10.2. The van der Waals surface area contributed by atoms with Crippen molar-refractivity contribution in [2.75, 3.05) is 0 Å². The topological polar surface area (TPSA) is 20.2 Å². The van der Waals surface area contributed by atoms with Crippen LogP contribution in [0.1, 0.15) is 5.56 Å². The Morgan fingerprint density at radius 2 is 1.82 bits per heavy atom. The van der Waals surface area contributed by atoms with Crippen molar-refractivity contribution >= 4 is 11.6 Å². The molecule has 0 atom stereocenters. The van der Waals surface area contributed by atoms with Gasteiger partial charge in [-0.2, -0.15) is 0 Å². The zero-order chi connectivity index (χ0) is 8.43. The number of alkyl halides is 1. The van der Waals surface area contributed by atoms with Crippen molar-refractivity contribution in [2.45, 2.75) is 5.88 Å². The third-order valence-corrected chi connectivity index (χ3v) is 1.55. The van der Waals surface area contributed by atoms with Gasteiger partial charge in [-0.05, 0) is 6.07 Å². The van der Waals surface area contributed by atoms with E-state index in [2.05, 4.69) is 0 Å². The van der Waals surface area contributed by atoms with Crippen LogP contribution in [-0.2, 0) is 5.88 Å². The van der Waals surface area contributed by atoms with E-state index in [1.54, 1.807) is 0 Å². The van der Waals surface area contributed by atoms with Crippen molar-refractivity contribution in [3.8, 4) is 5.75 Å². The fourth-order valence-electron chi connectivity index (χ4n) is 0.685. The van der Waals surface area contributed by atoms with Gasteiger partial charge in [-0.15, -0.1) is 11.6 Å². The van der Waals surface area contributed by atoms with Gasteiger partial charge in [0.15, 0.2) is 11.6 Å². The van der Waals surface area contributed by atoms with Crippen molar-refractivity contribution < 1.29 is 13.9 Å². The Balaban J connectivity index is 3.21. The summed E-state index contributed by atoms with van der Waals surface area (Å²) in [7, 11) is 0. The van der Waals surface area contributed by atoms with Gasteiger partial charge in [0.25, 0.3) is 0 Å². The normalized spacial score (nSPS) is 10.1. The Kier molecular flexibility index (Phi) is 2.29. The summed E-state index contributed by atoms with van der Waals surface area (Å²) < 4.78 is 24.7. The second-order valence-corrected chi connectivity index (χ2v) is 2.30. The summed E-state index contributed by atoms with van der Waals surface area (Å²) in [6.07, 6.45) is 0. The number of phenols is 1. The molecule has 1 N–H and O–H groups in total. The van der Waals surface area contributed by atoms with Crippen molar-refractivity contribution in [1.82, 2.24) is 0 Å². The van der Waals surface area contributed by atoms with E-state index in [1.165, 1.54) is 0 Å². The van der Waals surface area contributed by atoms with Crippen LogP contribution in [0.4, 0.5) is 8.78 Å². The molecule has 0 fully saturated rings. The van der Waals surface area contributed by atoms with Gasteiger partial charge in [0.1, 0.15) is 5.75 Å². The van der Waals surface area contributed by atoms with Crippen LogP contribution in [0.5, 0.6) is 5.75 Å². The molecule has 0 heterocycles. The summed E-state index contributed by atoms with van der Waals surface area (Å²) in [6, 6.07) is 1.57. The molecule has 0 saturated carbocycles. The predicted molar refractivity (Wildman–Crippen MR) is 37.6 cm³/mol. The maximum Gasteiger partial charge on any atom is 0.162 e. The van der Waals surface area contributed by atoms with Crippen molar-refractivity contribution in [1.29, 1.82) is 0 Å². The van der Waals surface area contributed by atoms with Gasteiger partial charge in [-0.1, -0.05) is 0 Å². The number of hydrogen-bond donors (Lipinski definition) is 1. The first-order valence-corrected chi connectivity index (χ1v) is 3.41. The highest BCUT2D eigenvalue weighted by Crippen LogP contribution is 2.21. The molecule has 0 aromatic heterocycles. The molecule has 0 bridgehead atoms. The third kappa shape index (κ3) is 1.60. The second-order valence-electron chi connectivity index (χ2n) is 2.03. The molecule has 1 aromatic carbocycles. The Labute approximate surface area is 67.2 Å². The van der Waals surface area contributed by atoms with E-state index >= 15 is 0 Å². The molecule has 0 unspecified atom stereocenters. The van der Waals surface area contributed by atoms with Gasteiger partial charge in [-0.3, -0.25) is 0 Å². The van der Waals surface area contributed by atoms with Crippen LogP contribution in [0.15, 0.2) is 12.1 Å². The minimum absolute atomic E-state index is 0.0387. The Morgan fingerprint density at radius 1 is 1.27 bits per heavy atom. The molecule has 0 amide bonds. The molecule has 0 spiro atoms. The Morgan fingerprint density at radius 3 is 2.36 bits per heavy atom. The molecule has 1 rings (SSSR count). The van der Waals surface area contributed by atoms with Crippen molar-refractivity contribution in [2.24, 2.45) is 0 Å². The van der Waals surface area contributed by atoms with Crippen LogP contribution in [0, 0.1) is 11.6 Å². The molecule has 0 aliphatic rings. The standard InChI is InChI=1S/C7H5ClF2O/c8-3-4-1-5(9)6(10)2-7(4)11/h1-2,11H,3H2. The van der Waals surface area contributed by atoms with Gasteiger partial charge < -0.3 is 5.11 Å². The average molecular weight is 179 g/mol. The number of halogens is 3. The highest BCUT2D eigenvalue weighted by Gasteiger charge is 2.07. The minimum Gasteiger partial charge on any atom is -0.508 e. The number of hydrogen-bond acceptors (Lipinski definition) is 1. The van der Waals surface area contributed by atoms with E-state index in [0.29, 0.717) is 6.07 Å². The van der Waals surface area contributed by atoms with Crippen LogP contribution < -0.4 is 0 Å². The minimum atomic E-state index is -1.07. The summed E-state index contributed by atoms with van der Waals surface area (Å²) >= 11 is 5.31. The molecule has 0 aliphatic heterocycles. The SMILES string of the molecule is Oc1cc(F)c(F)cc1CCl. The fourth-order valence-corrected chi connectivity index (χ4v) is 0.899. The summed E-state index contributed by atoms with van der Waals surface area (Å²) in [5.74, 6) is -2.43. The molecule has 1 nitrogen and oxygen atoms in total. The zero-order valence-electron chi connectivity index (χ0n) is 5.44. The average Bonchev–Trinajstić information content (AvgIpc) is 1.97. The van der Waals surface area contributed by atoms with Gasteiger partial charge in [0.05, 0.1) is 5.88 Å². The first-order chi connectivity index (χ1) is 5.15. The van der Waals surface area contributed by atoms with Crippen LogP contribution in [-0.4, -0.2) is 5.11 Å². The Hall–Kier alpha value is -0.830. The summed E-state index contributed by atoms with van der Waals surface area (Å²) in [6.45, 7) is 0. The van der Waals surface area contributed by atoms with E-state index in [0.717, 1.165) is 6.07 Å². The van der Waals surface area contributed by atoms with E-state index in [-0.39, 0.29) is 17.2 Å². The van der Waals surface area contributed by atoms with Crippen molar-refractivity contribution in [3.05, 3.63) is 29.3 Å². The predicted octanol–water partition coefficient (Wildman–Crippen LogP) is 2.41. The second kappa shape index (κ2) is 3.05. The van der Waals surface area contributed by atoms with E-state index in [4.69, 9.17) is 16.7 Å². The number of phenolic OH excluding ortho intramolecular Hbond substituents is 1. The molecule has 0 aliphatic carbocycles. The van der Waals surface area contributed by atoms with E-state index in [9.17, 15) is 8.78 Å². The molecular formula is C7H5ClF2O. The fraction of sp³-hybridized carbons (Fsp3) is 0.143. The van der Waals surface area contributed by atoms with Crippen LogP contribution in [0.25, 0.3) is 0 Å². The molecular weight excluding hydrogens is 174 g/mol. The van der Waals surface area contributed by atoms with Gasteiger partial charge in [-0.25, -0.2) is 8.78 Å². The lowest BCUT2D eigenvalue weighted by Crippen LogP contribution is -1.87. The zero-order valence-corrected chi connectivity index (χ0v) is 6.20. The maximum atomic E-state index is 12.4. The van der Waals surface area contributed by atoms with Gasteiger partial charge in [0.2, 0.25) is 0 Å². The lowest BCUT2D eigenvalue weighted by Gasteiger charge is -2.00. The van der Waals surface area contributed by atoms with Crippen molar-refractivity contribution in [3.63, 3.8) is 0 Å². The molecule has 11 heavy (non-hydrogen) atoms. The van der Waals surface area contributed by atoms with Crippen LogP contribution in [0.2, 0.25) is 0 Å². The third-order valence-electron chi connectivity index (χ3n) is 1.27. The number of aromatic hydroxyl groups is 1. The van der Waals surface area contributed by atoms with Crippen LogP contribution in [0.3, 0.4) is 0 Å². The van der Waals surface area contributed by atoms with Gasteiger partial charge >= 0.3 is 0 Å². The quantitative estimate of drug-likeness (QED) is 0.655. The summed E-state index contributed by atoms with van der Waals surface area (Å²) in [5.41, 5.74) is 0.186. The monoisotopic (exact) mass is 178 g/mol. The summed E-state index contributed by atoms with van der Waals surface area (Å²) in [4.78, 5) is 0. The molecule has 0 radical (unpaired) electrons. The van der Waals surface area contributed by atoms with E-state index < -0.39 is 11.6 Å². The largest absolute Gasteiger partial charge is 0.508 e. The molecule has 60 valence electrons. The summed E-state index contributed by atoms with van der Waals surface area (Å²) in [5, 5.41) is 8.92. The first-order valence-electron chi connectivity index (χ1n) is 2.88. The highest BCUT2D eigenvalue weighted by atomic mass is 35.5. The number of rotatable bonds is 1. The maximum absolute atomic E-state index is 12.4. The van der Waals surface area contributed by atoms with E-state index in [1.807, 2.05) is 0 Å². The lowest BCUT2D eigenvalue weighted by molar-refractivity contribution is 0.450. The molecule has 4 heteroatoms. The molecule has 0 saturated heterocycles. The highest BCUT2D eigenvalue weighted by molar-refractivity contribution is 6.17. The number of benzene rings is 1. The Bertz CT molecular complexity index is 275. The van der Waals surface area contributed by atoms with Crippen LogP contribution >= 0.6 is 11.6 Å². The molecule has 1 aromatic rings. The smallest absolute Gasteiger partial charge is 0.162 e. The first kappa shape index (κ1) is 8.27.